The van der Waals surface area contributed by atoms with Gasteiger partial charge in [-0.05, 0) is 30.2 Å². The molecule has 0 heteroatoms. The topological polar surface area (TPSA) is 0 Å². The zero-order valence-electron chi connectivity index (χ0n) is 10.7. The molecule has 2 aromatic rings. The first-order valence-corrected chi connectivity index (χ1v) is 6.93. The summed E-state index contributed by atoms with van der Waals surface area (Å²) in [5, 5.41) is 2.82. The fourth-order valence-corrected chi connectivity index (χ4v) is 3.69. The smallest absolute Gasteiger partial charge is 0.0616 e. The Kier molecular flexibility index (Phi) is 2.08. The van der Waals surface area contributed by atoms with Crippen LogP contribution in [0.5, 0.6) is 0 Å². The molecular weight excluding hydrogens is 216 g/mol. The molecule has 0 bridgehead atoms. The van der Waals surface area contributed by atoms with Crippen molar-refractivity contribution in [1.82, 2.24) is 0 Å². The van der Waals surface area contributed by atoms with Gasteiger partial charge in [0.05, 0.1) is 23.5 Å². The first kappa shape index (κ1) is 10.3. The summed E-state index contributed by atoms with van der Waals surface area (Å²) in [5.41, 5.74) is 6.31. The van der Waals surface area contributed by atoms with Crippen molar-refractivity contribution in [2.75, 3.05) is 0 Å². The van der Waals surface area contributed by atoms with Crippen molar-refractivity contribution in [2.45, 2.75) is 32.1 Å². The fourth-order valence-electron chi connectivity index (χ4n) is 3.69. The van der Waals surface area contributed by atoms with Crippen LogP contribution < -0.4 is 0 Å². The second-order valence-corrected chi connectivity index (χ2v) is 5.56. The average Bonchev–Trinajstić information content (AvgIpc) is 2.86. The molecule has 1 atom stereocenters. The summed E-state index contributed by atoms with van der Waals surface area (Å²) >= 11 is 0. The highest BCUT2D eigenvalue weighted by atomic mass is 14.3. The highest BCUT2D eigenvalue weighted by Crippen LogP contribution is 2.47. The molecular formula is C18H17+. The molecule has 0 nitrogen and oxygen atoms in total. The van der Waals surface area contributed by atoms with Gasteiger partial charge >= 0.3 is 0 Å². The van der Waals surface area contributed by atoms with Crippen molar-refractivity contribution in [3.8, 4) is 0 Å². The quantitative estimate of drug-likeness (QED) is 0.555. The van der Waals surface area contributed by atoms with E-state index < -0.39 is 0 Å². The maximum absolute atomic E-state index is 2.50. The van der Waals surface area contributed by atoms with E-state index in [9.17, 15) is 0 Å². The summed E-state index contributed by atoms with van der Waals surface area (Å²) in [6.45, 7) is 2.34. The third-order valence-corrected chi connectivity index (χ3v) is 4.46. The van der Waals surface area contributed by atoms with Gasteiger partial charge in [0.2, 0.25) is 0 Å². The maximum atomic E-state index is 2.50. The van der Waals surface area contributed by atoms with Gasteiger partial charge < -0.3 is 0 Å². The summed E-state index contributed by atoms with van der Waals surface area (Å²) in [6, 6.07) is 13.4. The van der Waals surface area contributed by atoms with E-state index in [1.165, 1.54) is 35.6 Å². The molecule has 18 heavy (non-hydrogen) atoms. The van der Waals surface area contributed by atoms with Crippen LogP contribution in [0, 0.1) is 6.42 Å². The zero-order chi connectivity index (χ0) is 12.1. The number of benzene rings is 2. The molecule has 0 saturated carbocycles. The SMILES string of the molecule is CC1[CH+]C2=C(CCC2)c2ccc3ccccc3c21. The lowest BCUT2D eigenvalue weighted by atomic mass is 9.78. The standard InChI is InChI=1S/C18H17/c1-12-11-14-6-4-8-15(14)17-10-9-13-5-2-3-7-16(13)18(12)17/h2-3,5,7,9-12H,4,6,8H2,1H3/q+1. The zero-order valence-corrected chi connectivity index (χ0v) is 10.7. The van der Waals surface area contributed by atoms with Gasteiger partial charge in [0.15, 0.2) is 0 Å². The fraction of sp³-hybridized carbons (Fsp3) is 0.278. The number of rotatable bonds is 0. The Morgan fingerprint density at radius 2 is 1.94 bits per heavy atom. The van der Waals surface area contributed by atoms with E-state index in [0.717, 1.165) is 0 Å². The summed E-state index contributed by atoms with van der Waals surface area (Å²) in [5.74, 6) is 0.558. The van der Waals surface area contributed by atoms with Gasteiger partial charge in [-0.25, -0.2) is 0 Å². The lowest BCUT2D eigenvalue weighted by molar-refractivity contribution is 0.858. The highest BCUT2D eigenvalue weighted by molar-refractivity contribution is 5.93. The highest BCUT2D eigenvalue weighted by Gasteiger charge is 2.36. The Hall–Kier alpha value is -1.69. The van der Waals surface area contributed by atoms with Crippen LogP contribution in [0.25, 0.3) is 16.3 Å². The summed E-state index contributed by atoms with van der Waals surface area (Å²) in [7, 11) is 0. The normalized spacial score (nSPS) is 21.7. The van der Waals surface area contributed by atoms with Crippen LogP contribution >= 0.6 is 0 Å². The van der Waals surface area contributed by atoms with Crippen LogP contribution in [0.4, 0.5) is 0 Å². The monoisotopic (exact) mass is 233 g/mol. The van der Waals surface area contributed by atoms with Crippen molar-refractivity contribution in [2.24, 2.45) is 0 Å². The molecule has 1 unspecified atom stereocenters. The van der Waals surface area contributed by atoms with Crippen LogP contribution in [0.3, 0.4) is 0 Å². The number of hydrogen-bond acceptors (Lipinski definition) is 0. The molecule has 2 aliphatic rings. The summed E-state index contributed by atoms with van der Waals surface area (Å²) in [4.78, 5) is 0. The Balaban J connectivity index is 2.07. The summed E-state index contributed by atoms with van der Waals surface area (Å²) < 4.78 is 0. The Labute approximate surface area is 108 Å². The van der Waals surface area contributed by atoms with E-state index in [-0.39, 0.29) is 0 Å². The molecule has 2 aliphatic carbocycles. The van der Waals surface area contributed by atoms with Gasteiger partial charge in [-0.3, -0.25) is 0 Å². The van der Waals surface area contributed by atoms with E-state index >= 15 is 0 Å². The molecule has 0 saturated heterocycles. The minimum atomic E-state index is 0.558. The van der Waals surface area contributed by atoms with Crippen LogP contribution in [0.2, 0.25) is 0 Å². The Morgan fingerprint density at radius 1 is 1.06 bits per heavy atom. The second-order valence-electron chi connectivity index (χ2n) is 5.56. The van der Waals surface area contributed by atoms with Crippen molar-refractivity contribution in [1.29, 1.82) is 0 Å². The van der Waals surface area contributed by atoms with E-state index in [1.54, 1.807) is 16.7 Å². The molecule has 4 rings (SSSR count). The number of fused-ring (bicyclic) bond motifs is 4. The molecule has 2 aromatic carbocycles. The third-order valence-electron chi connectivity index (χ3n) is 4.46. The Bertz CT molecular complexity index is 661. The van der Waals surface area contributed by atoms with Crippen LogP contribution in [0.1, 0.15) is 43.2 Å². The van der Waals surface area contributed by atoms with E-state index in [0.29, 0.717) is 5.92 Å². The molecule has 0 aliphatic heterocycles. The van der Waals surface area contributed by atoms with Crippen molar-refractivity contribution < 1.29 is 0 Å². The molecule has 0 amide bonds. The van der Waals surface area contributed by atoms with Crippen LogP contribution in [-0.2, 0) is 0 Å². The predicted molar refractivity (Wildman–Crippen MR) is 77.4 cm³/mol. The van der Waals surface area contributed by atoms with Gasteiger partial charge in [-0.15, -0.1) is 0 Å². The minimum absolute atomic E-state index is 0.558. The molecule has 0 heterocycles. The van der Waals surface area contributed by atoms with Gasteiger partial charge in [-0.1, -0.05) is 30.3 Å². The maximum Gasteiger partial charge on any atom is 0.111 e. The van der Waals surface area contributed by atoms with Gasteiger partial charge in [-0.2, -0.15) is 0 Å². The van der Waals surface area contributed by atoms with Gasteiger partial charge in [0.25, 0.3) is 0 Å². The lowest BCUT2D eigenvalue weighted by Gasteiger charge is -2.19. The number of allylic oxidation sites excluding steroid dienone is 2. The molecule has 88 valence electrons. The first-order valence-electron chi connectivity index (χ1n) is 6.93. The third kappa shape index (κ3) is 1.29. The van der Waals surface area contributed by atoms with Gasteiger partial charge in [0.1, 0.15) is 5.57 Å². The lowest BCUT2D eigenvalue weighted by Crippen LogP contribution is -2.07. The Morgan fingerprint density at radius 3 is 2.89 bits per heavy atom. The van der Waals surface area contributed by atoms with Crippen molar-refractivity contribution >= 4 is 16.3 Å². The second kappa shape index (κ2) is 3.65. The number of hydrogen-bond donors (Lipinski definition) is 0. The predicted octanol–water partition coefficient (Wildman–Crippen LogP) is 5.10. The van der Waals surface area contributed by atoms with Crippen LogP contribution in [0.15, 0.2) is 42.0 Å². The summed E-state index contributed by atoms with van der Waals surface area (Å²) in [6.07, 6.45) is 6.38. The molecule has 0 fully saturated rings. The minimum Gasteiger partial charge on any atom is -0.0616 e. The molecule has 0 aromatic heterocycles. The van der Waals surface area contributed by atoms with Crippen LogP contribution in [-0.4, -0.2) is 0 Å². The van der Waals surface area contributed by atoms with E-state index in [4.69, 9.17) is 0 Å². The van der Waals surface area contributed by atoms with E-state index in [2.05, 4.69) is 49.7 Å². The average molecular weight is 233 g/mol. The molecule has 0 N–H and O–H groups in total. The van der Waals surface area contributed by atoms with Gasteiger partial charge in [0, 0.05) is 18.4 Å². The molecule has 0 spiro atoms. The largest absolute Gasteiger partial charge is 0.111 e. The first-order chi connectivity index (χ1) is 8.84. The van der Waals surface area contributed by atoms with Crippen molar-refractivity contribution in [3.05, 3.63) is 59.5 Å². The van der Waals surface area contributed by atoms with E-state index in [1.807, 2.05) is 0 Å². The molecule has 0 radical (unpaired) electrons. The van der Waals surface area contributed by atoms with Crippen molar-refractivity contribution in [3.63, 3.8) is 0 Å².